The Morgan fingerprint density at radius 2 is 1.90 bits per heavy atom. The fourth-order valence-corrected chi connectivity index (χ4v) is 9.17. The molecule has 1 aromatic rings. The minimum Gasteiger partial charge on any atom is -0.404 e. The first-order valence-electron chi connectivity index (χ1n) is 17.6. The average molecular weight is 669 g/mol. The molecule has 8 atom stereocenters. The second-order valence-corrected chi connectivity index (χ2v) is 16.3. The van der Waals surface area contributed by atoms with Gasteiger partial charge < -0.3 is 24.3 Å². The zero-order valence-electron chi connectivity index (χ0n) is 29.2. The summed E-state index contributed by atoms with van der Waals surface area (Å²) >= 11 is 0. The molecule has 2 amide bonds. The van der Waals surface area contributed by atoms with Gasteiger partial charge in [-0.2, -0.15) is 5.26 Å². The minimum atomic E-state index is -2.77. The summed E-state index contributed by atoms with van der Waals surface area (Å²) in [6.45, 7) is 12.8. The number of carbonyl (C=O) groups is 2. The van der Waals surface area contributed by atoms with Crippen molar-refractivity contribution in [1.82, 2.24) is 15.1 Å². The van der Waals surface area contributed by atoms with Crippen molar-refractivity contribution in [1.29, 1.82) is 5.26 Å². The van der Waals surface area contributed by atoms with Gasteiger partial charge in [-0.3, -0.25) is 14.5 Å². The van der Waals surface area contributed by atoms with Gasteiger partial charge in [0.2, 0.25) is 11.8 Å². The van der Waals surface area contributed by atoms with Crippen LogP contribution in [0.2, 0.25) is 0 Å². The van der Waals surface area contributed by atoms with Crippen LogP contribution in [0, 0.1) is 40.4 Å². The number of hydrogen-bond donors (Lipinski definition) is 1. The highest BCUT2D eigenvalue weighted by Crippen LogP contribution is 2.65. The van der Waals surface area contributed by atoms with Gasteiger partial charge in [-0.15, -0.1) is 0 Å². The zero-order chi connectivity index (χ0) is 34.6. The van der Waals surface area contributed by atoms with E-state index >= 15 is 0 Å². The van der Waals surface area contributed by atoms with Gasteiger partial charge in [0, 0.05) is 31.6 Å². The maximum atomic E-state index is 14.0. The number of rotatable bonds is 10. The summed E-state index contributed by atoms with van der Waals surface area (Å²) in [5.41, 5.74) is 0.0612. The molecule has 9 nitrogen and oxygen atoms in total. The summed E-state index contributed by atoms with van der Waals surface area (Å²) < 4.78 is 47.3. The number of hydrogen-bond acceptors (Lipinski definition) is 7. The molecule has 262 valence electrons. The molecule has 6 fully saturated rings. The van der Waals surface area contributed by atoms with E-state index in [4.69, 9.17) is 14.0 Å². The number of benzene rings is 1. The Hall–Kier alpha value is -2.59. The third-order valence-corrected chi connectivity index (χ3v) is 12.8. The Morgan fingerprint density at radius 1 is 1.17 bits per heavy atom. The normalized spacial score (nSPS) is 32.8. The van der Waals surface area contributed by atoms with Crippen molar-refractivity contribution in [2.24, 2.45) is 29.1 Å². The van der Waals surface area contributed by atoms with Crippen molar-refractivity contribution in [2.45, 2.75) is 109 Å². The van der Waals surface area contributed by atoms with Crippen molar-refractivity contribution in [2.75, 3.05) is 32.8 Å². The number of ether oxygens (including phenoxy) is 1. The number of nitriles is 1. The highest BCUT2D eigenvalue weighted by atomic mass is 19.3. The first-order valence-corrected chi connectivity index (χ1v) is 17.6. The molecule has 2 bridgehead atoms. The average Bonchev–Trinajstić information content (AvgIpc) is 3.60. The predicted octanol–water partition coefficient (Wildman–Crippen LogP) is 4.49. The number of alkyl halides is 2. The van der Waals surface area contributed by atoms with Crippen LogP contribution < -0.4 is 5.32 Å². The SMILES string of the molecule is CC(C(C#N)C(=O)N1CCO[C@@H](CC(=O)N[C@@H](Cc2ccccc2)B2O[C@@H]3C[C@@H]4C[C@@H](C4(C)C)[C@]3(C)O2)C1)C(C)(C)N1CCC(F)(F)C1. The van der Waals surface area contributed by atoms with Gasteiger partial charge in [0.15, 0.2) is 0 Å². The number of halogens is 2. The molecule has 2 unspecified atom stereocenters. The number of carbonyl (C=O) groups excluding carboxylic acids is 2. The maximum absolute atomic E-state index is 14.0. The van der Waals surface area contributed by atoms with Crippen molar-refractivity contribution >= 4 is 18.9 Å². The van der Waals surface area contributed by atoms with E-state index in [1.165, 1.54) is 0 Å². The quantitative estimate of drug-likeness (QED) is 0.367. The van der Waals surface area contributed by atoms with E-state index in [0.29, 0.717) is 24.8 Å². The van der Waals surface area contributed by atoms with Crippen molar-refractivity contribution in [3.63, 3.8) is 0 Å². The molecule has 6 aliphatic rings. The van der Waals surface area contributed by atoms with Gasteiger partial charge in [-0.1, -0.05) is 51.1 Å². The van der Waals surface area contributed by atoms with Crippen LogP contribution in [0.15, 0.2) is 30.3 Å². The Kier molecular flexibility index (Phi) is 9.51. The molecule has 3 aliphatic carbocycles. The van der Waals surface area contributed by atoms with Crippen LogP contribution in [0.5, 0.6) is 0 Å². The Bertz CT molecular complexity index is 1410. The number of nitrogens with one attached hydrogen (secondary N) is 1. The topological polar surface area (TPSA) is 104 Å². The molecule has 0 aromatic heterocycles. The van der Waals surface area contributed by atoms with Gasteiger partial charge >= 0.3 is 7.12 Å². The third kappa shape index (κ3) is 6.52. The number of amides is 2. The summed E-state index contributed by atoms with van der Waals surface area (Å²) in [4.78, 5) is 30.6. The fraction of sp³-hybridized carbons (Fsp3) is 0.750. The standard InChI is InChI=1S/C36H51BF2N4O5/c1-23(34(4,5)43-13-12-36(38,39)22-43)27(20-40)32(45)42-14-15-46-26(21-42)19-31(44)41-30(16-24-10-8-7-9-11-24)37-47-29-18-25-17-28(33(25,2)3)35(29,6)48-37/h7-11,23,25-30H,12-19,21-22H2,1-6H3,(H,41,44)/t23?,25-,26-,27?,28-,29+,30-,35-/m0/s1. The van der Waals surface area contributed by atoms with E-state index in [2.05, 4.69) is 32.2 Å². The summed E-state index contributed by atoms with van der Waals surface area (Å²) in [6, 6.07) is 12.1. The molecule has 48 heavy (non-hydrogen) atoms. The van der Waals surface area contributed by atoms with Crippen LogP contribution in [-0.4, -0.2) is 96.7 Å². The molecule has 3 saturated heterocycles. The van der Waals surface area contributed by atoms with E-state index in [1.807, 2.05) is 44.2 Å². The highest BCUT2D eigenvalue weighted by molar-refractivity contribution is 6.48. The molecule has 3 aliphatic heterocycles. The van der Waals surface area contributed by atoms with Crippen molar-refractivity contribution in [3.8, 4) is 6.07 Å². The number of morpholine rings is 1. The van der Waals surface area contributed by atoms with Gasteiger partial charge in [0.1, 0.15) is 5.92 Å². The molecule has 3 heterocycles. The monoisotopic (exact) mass is 668 g/mol. The van der Waals surface area contributed by atoms with Crippen LogP contribution in [0.4, 0.5) is 8.78 Å². The van der Waals surface area contributed by atoms with Gasteiger partial charge in [0.05, 0.1) is 49.4 Å². The lowest BCUT2D eigenvalue weighted by atomic mass is 9.43. The zero-order valence-corrected chi connectivity index (χ0v) is 29.2. The van der Waals surface area contributed by atoms with Crippen LogP contribution in [0.3, 0.4) is 0 Å². The van der Waals surface area contributed by atoms with E-state index in [9.17, 15) is 23.6 Å². The lowest BCUT2D eigenvalue weighted by Crippen LogP contribution is -2.65. The second kappa shape index (κ2) is 12.9. The molecule has 1 aromatic carbocycles. The molecule has 7 rings (SSSR count). The predicted molar refractivity (Wildman–Crippen MR) is 177 cm³/mol. The lowest BCUT2D eigenvalue weighted by molar-refractivity contribution is -0.199. The molecule has 12 heteroatoms. The fourth-order valence-electron chi connectivity index (χ4n) is 9.17. The maximum Gasteiger partial charge on any atom is 0.482 e. The van der Waals surface area contributed by atoms with Crippen LogP contribution >= 0.6 is 0 Å². The third-order valence-electron chi connectivity index (χ3n) is 12.8. The summed E-state index contributed by atoms with van der Waals surface area (Å²) in [7, 11) is -0.596. The Balaban J connectivity index is 1.09. The van der Waals surface area contributed by atoms with Gasteiger partial charge in [-0.05, 0) is 68.8 Å². The summed E-state index contributed by atoms with van der Waals surface area (Å²) in [5, 5.41) is 13.3. The first-order chi connectivity index (χ1) is 22.5. The van der Waals surface area contributed by atoms with Crippen LogP contribution in [0.1, 0.15) is 72.8 Å². The van der Waals surface area contributed by atoms with E-state index in [-0.39, 0.29) is 62.4 Å². The Morgan fingerprint density at radius 3 is 2.54 bits per heavy atom. The summed E-state index contributed by atoms with van der Waals surface area (Å²) in [5.74, 6) is -4.29. The molecule has 3 saturated carbocycles. The van der Waals surface area contributed by atoms with E-state index in [1.54, 1.807) is 16.7 Å². The Labute approximate surface area is 284 Å². The van der Waals surface area contributed by atoms with Gasteiger partial charge in [0.25, 0.3) is 5.92 Å². The van der Waals surface area contributed by atoms with Crippen LogP contribution in [-0.2, 0) is 30.1 Å². The lowest BCUT2D eigenvalue weighted by Gasteiger charge is -2.64. The second-order valence-electron chi connectivity index (χ2n) is 16.3. The number of nitrogens with zero attached hydrogens (tertiary/aromatic N) is 3. The number of likely N-dealkylation sites (tertiary alicyclic amines) is 1. The van der Waals surface area contributed by atoms with Gasteiger partial charge in [-0.25, -0.2) is 8.78 Å². The molecule has 0 spiro atoms. The molecule has 0 radical (unpaired) electrons. The minimum absolute atomic E-state index is 0.0156. The van der Waals surface area contributed by atoms with E-state index < -0.39 is 48.1 Å². The van der Waals surface area contributed by atoms with E-state index in [0.717, 1.165) is 18.4 Å². The smallest absolute Gasteiger partial charge is 0.404 e. The van der Waals surface area contributed by atoms with Crippen LogP contribution in [0.25, 0.3) is 0 Å². The van der Waals surface area contributed by atoms with Crippen molar-refractivity contribution in [3.05, 3.63) is 35.9 Å². The molecular weight excluding hydrogens is 617 g/mol. The highest BCUT2D eigenvalue weighted by Gasteiger charge is 2.68. The molecule has 1 N–H and O–H groups in total. The van der Waals surface area contributed by atoms with Crippen molar-refractivity contribution < 1.29 is 32.4 Å². The first kappa shape index (κ1) is 35.2. The largest absolute Gasteiger partial charge is 0.482 e. The molecular formula is C36H51BF2N4O5. The summed E-state index contributed by atoms with van der Waals surface area (Å²) in [6.07, 6.45) is 1.85.